The number of rotatable bonds is 8. The predicted octanol–water partition coefficient (Wildman–Crippen LogP) is 4.37. The predicted molar refractivity (Wildman–Crippen MR) is 149 cm³/mol. The number of H-pyrrole nitrogens is 2. The van der Waals surface area contributed by atoms with Crippen molar-refractivity contribution in [3.05, 3.63) is 67.2 Å². The van der Waals surface area contributed by atoms with Crippen LogP contribution in [-0.4, -0.2) is 68.8 Å². The molecule has 2 amide bonds. The van der Waals surface area contributed by atoms with Gasteiger partial charge in [-0.05, 0) is 62.5 Å². The molecule has 2 aliphatic heterocycles. The second kappa shape index (κ2) is 10.0. The van der Waals surface area contributed by atoms with Crippen molar-refractivity contribution in [2.24, 2.45) is 0 Å². The molecule has 11 heteroatoms. The number of pyridine rings is 1. The van der Waals surface area contributed by atoms with Gasteiger partial charge in [0.05, 0.1) is 32.9 Å². The summed E-state index contributed by atoms with van der Waals surface area (Å²) in [6.07, 6.45) is 4.60. The normalized spacial score (nSPS) is 16.5. The Morgan fingerprint density at radius 3 is 2.61 bits per heavy atom. The van der Waals surface area contributed by atoms with Crippen LogP contribution in [0.1, 0.15) is 45.4 Å². The van der Waals surface area contributed by atoms with E-state index < -0.39 is 0 Å². The summed E-state index contributed by atoms with van der Waals surface area (Å²) in [6.45, 7) is 5.11. The molecule has 4 aromatic rings. The van der Waals surface area contributed by atoms with E-state index in [4.69, 9.17) is 11.6 Å². The van der Waals surface area contributed by atoms with E-state index in [1.807, 2.05) is 18.4 Å². The molecule has 6 rings (SSSR count). The summed E-state index contributed by atoms with van der Waals surface area (Å²) in [5.41, 5.74) is 2.51. The van der Waals surface area contributed by atoms with Crippen LogP contribution in [0.4, 0.5) is 5.69 Å². The number of aromatic amines is 2. The van der Waals surface area contributed by atoms with Crippen molar-refractivity contribution in [1.29, 1.82) is 0 Å². The van der Waals surface area contributed by atoms with Crippen LogP contribution in [0.5, 0.6) is 0 Å². The number of imide groups is 1. The molecule has 1 aromatic carbocycles. The summed E-state index contributed by atoms with van der Waals surface area (Å²) < 4.78 is 0. The quantitative estimate of drug-likeness (QED) is 0.281. The number of carbonyl (C=O) groups is 2. The molecule has 3 aromatic heterocycles. The van der Waals surface area contributed by atoms with E-state index >= 15 is 0 Å². The topological polar surface area (TPSA) is 114 Å². The fourth-order valence-electron chi connectivity index (χ4n) is 5.26. The van der Waals surface area contributed by atoms with E-state index in [-0.39, 0.29) is 23.4 Å². The zero-order valence-electron chi connectivity index (χ0n) is 20.8. The lowest BCUT2D eigenvalue weighted by Crippen LogP contribution is -2.37. The lowest BCUT2D eigenvalue weighted by Gasteiger charge is -2.19. The van der Waals surface area contributed by atoms with Crippen LogP contribution in [0.25, 0.3) is 22.4 Å². The van der Waals surface area contributed by atoms with Gasteiger partial charge in [-0.2, -0.15) is 0 Å². The molecule has 0 radical (unpaired) electrons. The van der Waals surface area contributed by atoms with Gasteiger partial charge in [0.15, 0.2) is 0 Å². The molecular formula is C27H27ClN6O3S. The highest BCUT2D eigenvalue weighted by Gasteiger charge is 2.36. The van der Waals surface area contributed by atoms with Crippen molar-refractivity contribution in [2.45, 2.75) is 32.2 Å². The molecule has 0 saturated carbocycles. The highest BCUT2D eigenvalue weighted by molar-refractivity contribution is 7.10. The Balaban J connectivity index is 1.27. The van der Waals surface area contributed by atoms with Crippen molar-refractivity contribution in [2.75, 3.05) is 31.5 Å². The van der Waals surface area contributed by atoms with E-state index in [1.165, 1.54) is 4.90 Å². The third kappa shape index (κ3) is 4.53. The standard InChI is InChI=1S/C27H27ClN6O3S/c1-15(12-22-18(28)5-11-38-22)30-19-4-6-29-25(35)23(19)24-31-20-13-16-17(14-21(20)32-24)27(37)34(26(16)36)10-9-33-7-2-3-8-33/h4-6,11,13-15H,2-3,7-10,12H2,1H3,(H,31,32)(H2,29,30,35)/t15-/m0/s1. The highest BCUT2D eigenvalue weighted by Crippen LogP contribution is 2.31. The third-order valence-corrected chi connectivity index (χ3v) is 8.60. The molecule has 0 unspecified atom stereocenters. The summed E-state index contributed by atoms with van der Waals surface area (Å²) in [5, 5.41) is 6.10. The molecule has 0 aliphatic carbocycles. The first-order chi connectivity index (χ1) is 18.4. The Kier molecular flexibility index (Phi) is 6.55. The van der Waals surface area contributed by atoms with E-state index in [0.717, 1.165) is 35.8 Å². The maximum Gasteiger partial charge on any atom is 0.261 e. The minimum atomic E-state index is -0.303. The molecule has 1 atom stereocenters. The average molecular weight is 551 g/mol. The second-order valence-electron chi connectivity index (χ2n) is 9.85. The summed E-state index contributed by atoms with van der Waals surface area (Å²) in [4.78, 5) is 54.3. The first kappa shape index (κ1) is 24.8. The lowest BCUT2D eigenvalue weighted by atomic mass is 10.1. The van der Waals surface area contributed by atoms with Gasteiger partial charge in [-0.1, -0.05) is 11.6 Å². The number of imidazole rings is 1. The molecule has 1 saturated heterocycles. The number of amides is 2. The summed E-state index contributed by atoms with van der Waals surface area (Å²) in [7, 11) is 0. The molecule has 196 valence electrons. The van der Waals surface area contributed by atoms with Crippen LogP contribution in [-0.2, 0) is 6.42 Å². The third-order valence-electron chi connectivity index (χ3n) is 7.19. The molecule has 1 fully saturated rings. The molecule has 5 heterocycles. The minimum Gasteiger partial charge on any atom is -0.381 e. The van der Waals surface area contributed by atoms with E-state index in [1.54, 1.807) is 35.7 Å². The zero-order valence-corrected chi connectivity index (χ0v) is 22.4. The second-order valence-corrected chi connectivity index (χ2v) is 11.3. The van der Waals surface area contributed by atoms with Crippen molar-refractivity contribution >= 4 is 51.5 Å². The molecule has 0 spiro atoms. The van der Waals surface area contributed by atoms with Gasteiger partial charge in [0.25, 0.3) is 17.4 Å². The maximum atomic E-state index is 13.1. The average Bonchev–Trinajstić information content (AvgIpc) is 3.67. The lowest BCUT2D eigenvalue weighted by molar-refractivity contribution is 0.0640. The van der Waals surface area contributed by atoms with Crippen LogP contribution in [0.3, 0.4) is 0 Å². The Hall–Kier alpha value is -3.47. The number of hydrogen-bond donors (Lipinski definition) is 3. The Morgan fingerprint density at radius 2 is 1.87 bits per heavy atom. The van der Waals surface area contributed by atoms with Crippen LogP contribution >= 0.6 is 22.9 Å². The number of fused-ring (bicyclic) bond motifs is 2. The van der Waals surface area contributed by atoms with Gasteiger partial charge in [-0.15, -0.1) is 11.3 Å². The summed E-state index contributed by atoms with van der Waals surface area (Å²) in [6, 6.07) is 6.99. The van der Waals surface area contributed by atoms with Gasteiger partial charge in [-0.3, -0.25) is 19.3 Å². The fourth-order valence-corrected chi connectivity index (χ4v) is 6.51. The van der Waals surface area contributed by atoms with Gasteiger partial charge in [-0.25, -0.2) is 4.98 Å². The van der Waals surface area contributed by atoms with Gasteiger partial charge in [0.1, 0.15) is 11.4 Å². The number of halogens is 1. The SMILES string of the molecule is C[C@@H](Cc1sccc1Cl)Nc1cc[nH]c(=O)c1-c1nc2cc3c(cc2[nH]1)C(=O)N(CCN1CCCC1)C3=O. The van der Waals surface area contributed by atoms with Gasteiger partial charge in [0, 0.05) is 36.6 Å². The molecule has 2 aliphatic rings. The van der Waals surface area contributed by atoms with Crippen LogP contribution < -0.4 is 10.9 Å². The number of thiophene rings is 1. The fraction of sp³-hybridized carbons (Fsp3) is 0.333. The minimum absolute atomic E-state index is 0.00154. The Morgan fingerprint density at radius 1 is 1.11 bits per heavy atom. The molecular weight excluding hydrogens is 524 g/mol. The smallest absolute Gasteiger partial charge is 0.261 e. The monoisotopic (exact) mass is 550 g/mol. The molecule has 9 nitrogen and oxygen atoms in total. The van der Waals surface area contributed by atoms with E-state index in [2.05, 4.69) is 25.2 Å². The number of aromatic nitrogens is 3. The zero-order chi connectivity index (χ0) is 26.4. The van der Waals surface area contributed by atoms with Crippen LogP contribution in [0.15, 0.2) is 40.6 Å². The molecule has 38 heavy (non-hydrogen) atoms. The van der Waals surface area contributed by atoms with Gasteiger partial charge in [0.2, 0.25) is 0 Å². The van der Waals surface area contributed by atoms with Crippen molar-refractivity contribution < 1.29 is 9.59 Å². The van der Waals surface area contributed by atoms with Crippen LogP contribution in [0.2, 0.25) is 5.02 Å². The van der Waals surface area contributed by atoms with Crippen molar-refractivity contribution in [3.63, 3.8) is 0 Å². The van der Waals surface area contributed by atoms with Gasteiger partial charge >= 0.3 is 0 Å². The number of carbonyl (C=O) groups excluding carboxylic acids is 2. The number of nitrogens with zero attached hydrogens (tertiary/aromatic N) is 3. The molecule has 3 N–H and O–H groups in total. The number of anilines is 1. The first-order valence-electron chi connectivity index (χ1n) is 12.7. The first-order valence-corrected chi connectivity index (χ1v) is 14.0. The van der Waals surface area contributed by atoms with E-state index in [9.17, 15) is 14.4 Å². The van der Waals surface area contributed by atoms with Crippen molar-refractivity contribution in [3.8, 4) is 11.4 Å². The van der Waals surface area contributed by atoms with Crippen LogP contribution in [0, 0.1) is 0 Å². The Bertz CT molecular complexity index is 1550. The van der Waals surface area contributed by atoms with Gasteiger partial charge < -0.3 is 20.2 Å². The number of hydrogen-bond acceptors (Lipinski definition) is 7. The summed E-state index contributed by atoms with van der Waals surface area (Å²) in [5.74, 6) is -0.222. The van der Waals surface area contributed by atoms with E-state index in [0.29, 0.717) is 58.7 Å². The molecule has 0 bridgehead atoms. The Labute approximate surface area is 227 Å². The van der Waals surface area contributed by atoms with Crippen molar-refractivity contribution in [1.82, 2.24) is 24.8 Å². The maximum absolute atomic E-state index is 13.1. The highest BCUT2D eigenvalue weighted by atomic mass is 35.5. The number of likely N-dealkylation sites (tertiary alicyclic amines) is 1. The number of nitrogens with one attached hydrogen (secondary N) is 3. The summed E-state index contributed by atoms with van der Waals surface area (Å²) >= 11 is 7.86. The number of benzene rings is 1. The largest absolute Gasteiger partial charge is 0.381 e.